The molecule has 138 valence electrons. The van der Waals surface area contributed by atoms with Crippen molar-refractivity contribution in [3.05, 3.63) is 90.5 Å². The summed E-state index contributed by atoms with van der Waals surface area (Å²) in [7, 11) is 1.62. The predicted octanol–water partition coefficient (Wildman–Crippen LogP) is 4.73. The van der Waals surface area contributed by atoms with Crippen LogP contribution in [0.3, 0.4) is 0 Å². The molecule has 0 fully saturated rings. The number of rotatable bonds is 8. The summed E-state index contributed by atoms with van der Waals surface area (Å²) in [6, 6.07) is 27.8. The summed E-state index contributed by atoms with van der Waals surface area (Å²) in [6.07, 6.45) is 0.410. The van der Waals surface area contributed by atoms with E-state index in [1.54, 1.807) is 7.11 Å². The molecule has 0 aliphatic heterocycles. The number of nitrogens with one attached hydrogen (secondary N) is 1. The molecule has 0 bridgehead atoms. The van der Waals surface area contributed by atoms with Crippen molar-refractivity contribution in [1.29, 1.82) is 0 Å². The lowest BCUT2D eigenvalue weighted by Crippen LogP contribution is -2.27. The van der Waals surface area contributed by atoms with Crippen molar-refractivity contribution in [1.82, 2.24) is 0 Å². The van der Waals surface area contributed by atoms with Crippen molar-refractivity contribution < 1.29 is 9.53 Å². The molecule has 0 heterocycles. The fraction of sp³-hybridized carbons (Fsp3) is 0.174. The van der Waals surface area contributed by atoms with E-state index in [1.807, 2.05) is 60.7 Å². The lowest BCUT2D eigenvalue weighted by molar-refractivity contribution is -0.116. The molecule has 3 rings (SSSR count). The Balaban J connectivity index is 1.62. The van der Waals surface area contributed by atoms with Crippen molar-refractivity contribution in [2.45, 2.75) is 13.0 Å². The van der Waals surface area contributed by atoms with Crippen LogP contribution in [-0.2, 0) is 11.3 Å². The van der Waals surface area contributed by atoms with Crippen LogP contribution in [0.5, 0.6) is 5.75 Å². The first-order valence-electron chi connectivity index (χ1n) is 9.02. The van der Waals surface area contributed by atoms with Crippen LogP contribution in [0.4, 0.5) is 11.4 Å². The maximum absolute atomic E-state index is 12.4. The van der Waals surface area contributed by atoms with Crippen LogP contribution in [0.2, 0.25) is 0 Å². The Morgan fingerprint density at radius 3 is 2.15 bits per heavy atom. The van der Waals surface area contributed by atoms with E-state index in [9.17, 15) is 4.79 Å². The number of methoxy groups -OCH3 is 1. The quantitative estimate of drug-likeness (QED) is 0.631. The second-order valence-electron chi connectivity index (χ2n) is 6.27. The Kier molecular flexibility index (Phi) is 6.47. The Hall–Kier alpha value is -3.27. The molecule has 0 radical (unpaired) electrons. The van der Waals surface area contributed by atoms with Gasteiger partial charge in [-0.05, 0) is 42.0 Å². The minimum atomic E-state index is -0.00541. The predicted molar refractivity (Wildman–Crippen MR) is 110 cm³/mol. The largest absolute Gasteiger partial charge is 0.497 e. The summed E-state index contributed by atoms with van der Waals surface area (Å²) < 4.78 is 5.14. The van der Waals surface area contributed by atoms with Gasteiger partial charge in [-0.15, -0.1) is 0 Å². The van der Waals surface area contributed by atoms with Crippen molar-refractivity contribution in [2.75, 3.05) is 23.9 Å². The summed E-state index contributed by atoms with van der Waals surface area (Å²) in [5.41, 5.74) is 3.10. The number of benzene rings is 3. The zero-order valence-electron chi connectivity index (χ0n) is 15.5. The van der Waals surface area contributed by atoms with Crippen LogP contribution < -0.4 is 15.0 Å². The molecule has 27 heavy (non-hydrogen) atoms. The van der Waals surface area contributed by atoms with Gasteiger partial charge in [0.15, 0.2) is 0 Å². The first kappa shape index (κ1) is 18.5. The van der Waals surface area contributed by atoms with Gasteiger partial charge in [0, 0.05) is 30.9 Å². The average molecular weight is 360 g/mol. The van der Waals surface area contributed by atoms with Gasteiger partial charge < -0.3 is 15.0 Å². The first-order chi connectivity index (χ1) is 13.2. The Morgan fingerprint density at radius 1 is 0.889 bits per heavy atom. The van der Waals surface area contributed by atoms with Crippen molar-refractivity contribution >= 4 is 17.3 Å². The zero-order chi connectivity index (χ0) is 18.9. The molecule has 4 nitrogen and oxygen atoms in total. The maximum Gasteiger partial charge on any atom is 0.226 e. The molecule has 0 aliphatic rings. The van der Waals surface area contributed by atoms with E-state index < -0.39 is 0 Å². The van der Waals surface area contributed by atoms with Crippen LogP contribution in [0, 0.1) is 0 Å². The number of anilines is 2. The van der Waals surface area contributed by atoms with E-state index >= 15 is 0 Å². The molecule has 0 atom stereocenters. The SMILES string of the molecule is COc1ccc(NC(=O)CCN(Cc2ccccc2)c2ccccc2)cc1. The average Bonchev–Trinajstić information content (AvgIpc) is 2.73. The monoisotopic (exact) mass is 360 g/mol. The summed E-state index contributed by atoms with van der Waals surface area (Å²) in [5.74, 6) is 0.764. The van der Waals surface area contributed by atoms with Crippen LogP contribution in [0.1, 0.15) is 12.0 Å². The number of carbonyl (C=O) groups excluding carboxylic acids is 1. The highest BCUT2D eigenvalue weighted by molar-refractivity contribution is 5.91. The topological polar surface area (TPSA) is 41.6 Å². The molecule has 3 aromatic carbocycles. The van der Waals surface area contributed by atoms with E-state index in [1.165, 1.54) is 5.56 Å². The third-order valence-corrected chi connectivity index (χ3v) is 4.32. The molecular formula is C23H24N2O2. The number of carbonyl (C=O) groups is 1. The number of para-hydroxylation sites is 1. The van der Waals surface area contributed by atoms with Gasteiger partial charge in [0.05, 0.1) is 7.11 Å². The molecule has 3 aromatic rings. The highest BCUT2D eigenvalue weighted by Crippen LogP contribution is 2.18. The van der Waals surface area contributed by atoms with Gasteiger partial charge in [-0.2, -0.15) is 0 Å². The lowest BCUT2D eigenvalue weighted by Gasteiger charge is -2.25. The standard InChI is InChI=1S/C23H24N2O2/c1-27-22-14-12-20(13-15-22)24-23(26)16-17-25(21-10-6-3-7-11-21)18-19-8-4-2-5-9-19/h2-15H,16-18H2,1H3,(H,24,26). The van der Waals surface area contributed by atoms with Gasteiger partial charge in [0.1, 0.15) is 5.75 Å². The summed E-state index contributed by atoms with van der Waals surface area (Å²) >= 11 is 0. The van der Waals surface area contributed by atoms with Gasteiger partial charge in [0.25, 0.3) is 0 Å². The van der Waals surface area contributed by atoms with Crippen LogP contribution >= 0.6 is 0 Å². The first-order valence-corrected chi connectivity index (χ1v) is 9.02. The molecule has 0 saturated heterocycles. The minimum absolute atomic E-state index is 0.00541. The normalized spacial score (nSPS) is 10.3. The molecule has 1 N–H and O–H groups in total. The molecule has 0 unspecified atom stereocenters. The van der Waals surface area contributed by atoms with E-state index in [4.69, 9.17) is 4.74 Å². The minimum Gasteiger partial charge on any atom is -0.497 e. The Labute approximate surface area is 160 Å². The van der Waals surface area contributed by atoms with E-state index in [0.717, 1.165) is 23.7 Å². The van der Waals surface area contributed by atoms with Crippen molar-refractivity contribution in [3.8, 4) is 5.75 Å². The van der Waals surface area contributed by atoms with E-state index in [-0.39, 0.29) is 5.91 Å². The molecule has 4 heteroatoms. The highest BCUT2D eigenvalue weighted by Gasteiger charge is 2.10. The number of hydrogen-bond donors (Lipinski definition) is 1. The maximum atomic E-state index is 12.4. The lowest BCUT2D eigenvalue weighted by atomic mass is 10.2. The summed E-state index contributed by atoms with van der Waals surface area (Å²) in [5, 5.41) is 2.94. The van der Waals surface area contributed by atoms with Gasteiger partial charge in [-0.3, -0.25) is 4.79 Å². The van der Waals surface area contributed by atoms with E-state index in [0.29, 0.717) is 13.0 Å². The van der Waals surface area contributed by atoms with Crippen molar-refractivity contribution in [3.63, 3.8) is 0 Å². The molecule has 0 aromatic heterocycles. The molecule has 1 amide bonds. The second-order valence-corrected chi connectivity index (χ2v) is 6.27. The van der Waals surface area contributed by atoms with E-state index in [2.05, 4.69) is 34.5 Å². The molecule has 0 saturated carbocycles. The van der Waals surface area contributed by atoms with Crippen LogP contribution in [-0.4, -0.2) is 19.6 Å². The molecule has 0 spiro atoms. The van der Waals surface area contributed by atoms with Gasteiger partial charge >= 0.3 is 0 Å². The van der Waals surface area contributed by atoms with Crippen LogP contribution in [0.25, 0.3) is 0 Å². The highest BCUT2D eigenvalue weighted by atomic mass is 16.5. The van der Waals surface area contributed by atoms with Gasteiger partial charge in [-0.1, -0.05) is 48.5 Å². The van der Waals surface area contributed by atoms with Gasteiger partial charge in [0.2, 0.25) is 5.91 Å². The van der Waals surface area contributed by atoms with Crippen LogP contribution in [0.15, 0.2) is 84.9 Å². The zero-order valence-corrected chi connectivity index (χ0v) is 15.5. The number of hydrogen-bond acceptors (Lipinski definition) is 3. The fourth-order valence-corrected chi connectivity index (χ4v) is 2.88. The van der Waals surface area contributed by atoms with Gasteiger partial charge in [-0.25, -0.2) is 0 Å². The van der Waals surface area contributed by atoms with Crippen molar-refractivity contribution in [2.24, 2.45) is 0 Å². The number of amides is 1. The Morgan fingerprint density at radius 2 is 1.52 bits per heavy atom. The number of nitrogens with zero attached hydrogens (tertiary/aromatic N) is 1. The third kappa shape index (κ3) is 5.61. The smallest absolute Gasteiger partial charge is 0.226 e. The number of ether oxygens (including phenoxy) is 1. The Bertz CT molecular complexity index is 833. The third-order valence-electron chi connectivity index (χ3n) is 4.32. The summed E-state index contributed by atoms with van der Waals surface area (Å²) in [6.45, 7) is 1.40. The second kappa shape index (κ2) is 9.43. The molecular weight excluding hydrogens is 336 g/mol. The fourth-order valence-electron chi connectivity index (χ4n) is 2.88. The summed E-state index contributed by atoms with van der Waals surface area (Å²) in [4.78, 5) is 14.6. The molecule has 0 aliphatic carbocycles.